The minimum Gasteiger partial charge on any atom is -0.337 e. The van der Waals surface area contributed by atoms with Crippen LogP contribution < -0.4 is 10.9 Å². The molecular weight excluding hydrogens is 272 g/mol. The Morgan fingerprint density at radius 1 is 1.29 bits per heavy atom. The number of carbonyl (C=O) groups excluding carboxylic acids is 2. The van der Waals surface area contributed by atoms with Crippen molar-refractivity contribution >= 4 is 17.6 Å². The van der Waals surface area contributed by atoms with Gasteiger partial charge in [0.1, 0.15) is 5.65 Å². The molecule has 3 heterocycles. The highest BCUT2D eigenvalue weighted by Gasteiger charge is 2.26. The van der Waals surface area contributed by atoms with Gasteiger partial charge in [-0.2, -0.15) is 0 Å². The number of pyridine rings is 1. The summed E-state index contributed by atoms with van der Waals surface area (Å²) in [5.74, 6) is -0.260. The van der Waals surface area contributed by atoms with Gasteiger partial charge in [0.05, 0.1) is 12.2 Å². The van der Waals surface area contributed by atoms with Crippen molar-refractivity contribution < 1.29 is 9.59 Å². The molecule has 108 valence electrons. The number of imide groups is 1. The molecular formula is C14H14N4O3. The van der Waals surface area contributed by atoms with E-state index in [0.29, 0.717) is 17.9 Å². The lowest BCUT2D eigenvalue weighted by atomic mass is 10.2. The van der Waals surface area contributed by atoms with Crippen LogP contribution >= 0.6 is 0 Å². The summed E-state index contributed by atoms with van der Waals surface area (Å²) >= 11 is 0. The fourth-order valence-electron chi connectivity index (χ4n) is 2.28. The maximum Gasteiger partial charge on any atom is 0.324 e. The van der Waals surface area contributed by atoms with Crippen molar-refractivity contribution in [2.75, 3.05) is 6.54 Å². The van der Waals surface area contributed by atoms with E-state index in [4.69, 9.17) is 0 Å². The molecule has 2 aromatic heterocycles. The average Bonchev–Trinajstić information content (AvgIpc) is 2.44. The molecule has 0 radical (unpaired) electrons. The van der Waals surface area contributed by atoms with Crippen LogP contribution in [-0.4, -0.2) is 32.8 Å². The van der Waals surface area contributed by atoms with E-state index in [1.54, 1.807) is 12.3 Å². The molecule has 0 spiro atoms. The van der Waals surface area contributed by atoms with E-state index in [0.717, 1.165) is 10.5 Å². The third-order valence-corrected chi connectivity index (χ3v) is 3.34. The number of fused-ring (bicyclic) bond motifs is 1. The maximum absolute atomic E-state index is 12.1. The van der Waals surface area contributed by atoms with Crippen molar-refractivity contribution in [3.05, 3.63) is 46.0 Å². The minimum absolute atomic E-state index is 0.00425. The number of amides is 3. The number of hydrogen-bond acceptors (Lipinski definition) is 4. The summed E-state index contributed by atoms with van der Waals surface area (Å²) in [6.45, 7) is 2.24. The number of rotatable bonds is 2. The molecule has 1 N–H and O–H groups in total. The summed E-state index contributed by atoms with van der Waals surface area (Å²) in [5, 5.41) is 2.60. The second kappa shape index (κ2) is 5.01. The standard InChI is InChI=1S/C14H14N4O3/c1-9-2-3-11-16-10(6-13(20)17(11)7-9)8-18-12(19)4-5-15-14(18)21/h2-3,6-7H,4-5,8H2,1H3,(H,15,21). The summed E-state index contributed by atoms with van der Waals surface area (Å²) in [6.07, 6.45) is 1.96. The number of carbonyl (C=O) groups is 2. The first kappa shape index (κ1) is 13.3. The monoisotopic (exact) mass is 286 g/mol. The first-order valence-corrected chi connectivity index (χ1v) is 6.62. The molecule has 1 fully saturated rings. The fourth-order valence-corrected chi connectivity index (χ4v) is 2.28. The number of aromatic nitrogens is 2. The molecule has 0 saturated carbocycles. The largest absolute Gasteiger partial charge is 0.337 e. The SMILES string of the molecule is Cc1ccc2nc(CN3C(=O)CCNC3=O)cc(=O)n2c1. The van der Waals surface area contributed by atoms with Gasteiger partial charge in [-0.05, 0) is 18.6 Å². The normalized spacial score (nSPS) is 15.4. The molecule has 7 heteroatoms. The molecule has 1 aliphatic heterocycles. The number of aryl methyl sites for hydroxylation is 1. The lowest BCUT2D eigenvalue weighted by molar-refractivity contribution is -0.129. The van der Waals surface area contributed by atoms with Crippen molar-refractivity contribution in [2.24, 2.45) is 0 Å². The Bertz CT molecular complexity index is 780. The van der Waals surface area contributed by atoms with Gasteiger partial charge in [-0.1, -0.05) is 6.07 Å². The molecule has 0 unspecified atom stereocenters. The molecule has 0 aromatic carbocycles. The van der Waals surface area contributed by atoms with E-state index >= 15 is 0 Å². The minimum atomic E-state index is -0.447. The highest BCUT2D eigenvalue weighted by Crippen LogP contribution is 2.08. The lowest BCUT2D eigenvalue weighted by Gasteiger charge is -2.25. The summed E-state index contributed by atoms with van der Waals surface area (Å²) < 4.78 is 1.44. The summed E-state index contributed by atoms with van der Waals surface area (Å²) in [5.41, 5.74) is 1.61. The Morgan fingerprint density at radius 2 is 2.10 bits per heavy atom. The lowest BCUT2D eigenvalue weighted by Crippen LogP contribution is -2.49. The zero-order chi connectivity index (χ0) is 15.0. The molecule has 0 atom stereocenters. The van der Waals surface area contributed by atoms with E-state index in [1.807, 2.05) is 13.0 Å². The number of urea groups is 1. The topological polar surface area (TPSA) is 83.8 Å². The van der Waals surface area contributed by atoms with Crippen molar-refractivity contribution in [3.8, 4) is 0 Å². The smallest absolute Gasteiger partial charge is 0.324 e. The van der Waals surface area contributed by atoms with Crippen molar-refractivity contribution in [1.29, 1.82) is 0 Å². The molecule has 1 saturated heterocycles. The van der Waals surface area contributed by atoms with Crippen LogP contribution in [0.1, 0.15) is 17.7 Å². The molecule has 7 nitrogen and oxygen atoms in total. The van der Waals surface area contributed by atoms with Crippen molar-refractivity contribution in [2.45, 2.75) is 19.9 Å². The van der Waals surface area contributed by atoms with Crippen LogP contribution in [0.2, 0.25) is 0 Å². The predicted molar refractivity (Wildman–Crippen MR) is 74.8 cm³/mol. The second-order valence-corrected chi connectivity index (χ2v) is 4.98. The molecule has 3 amide bonds. The van der Waals surface area contributed by atoms with Gasteiger partial charge in [0, 0.05) is 25.2 Å². The van der Waals surface area contributed by atoms with Gasteiger partial charge < -0.3 is 5.32 Å². The average molecular weight is 286 g/mol. The highest BCUT2D eigenvalue weighted by molar-refractivity contribution is 5.96. The van der Waals surface area contributed by atoms with Gasteiger partial charge in [-0.3, -0.25) is 18.9 Å². The van der Waals surface area contributed by atoms with Gasteiger partial charge in [0.2, 0.25) is 5.91 Å². The molecule has 3 rings (SSSR count). The van der Waals surface area contributed by atoms with E-state index < -0.39 is 6.03 Å². The van der Waals surface area contributed by atoms with Crippen LogP contribution in [0.15, 0.2) is 29.2 Å². The molecule has 21 heavy (non-hydrogen) atoms. The first-order valence-electron chi connectivity index (χ1n) is 6.62. The Kier molecular flexibility index (Phi) is 3.17. The predicted octanol–water partition coefficient (Wildman–Crippen LogP) is 0.445. The number of nitrogens with one attached hydrogen (secondary N) is 1. The van der Waals surface area contributed by atoms with E-state index in [2.05, 4.69) is 10.3 Å². The molecule has 2 aromatic rings. The molecule has 0 aliphatic carbocycles. The van der Waals surface area contributed by atoms with E-state index in [9.17, 15) is 14.4 Å². The third kappa shape index (κ3) is 2.49. The van der Waals surface area contributed by atoms with Crippen LogP contribution in [0.5, 0.6) is 0 Å². The van der Waals surface area contributed by atoms with Crippen molar-refractivity contribution in [3.63, 3.8) is 0 Å². The summed E-state index contributed by atoms with van der Waals surface area (Å²) in [7, 11) is 0. The molecule has 0 bridgehead atoms. The van der Waals surface area contributed by atoms with E-state index in [1.165, 1.54) is 10.5 Å². The van der Waals surface area contributed by atoms with Gasteiger partial charge in [-0.25, -0.2) is 9.78 Å². The van der Waals surface area contributed by atoms with Crippen LogP contribution in [0, 0.1) is 6.92 Å². The highest BCUT2D eigenvalue weighted by atomic mass is 16.2. The van der Waals surface area contributed by atoms with Gasteiger partial charge in [0.15, 0.2) is 0 Å². The van der Waals surface area contributed by atoms with Crippen LogP contribution in [0.3, 0.4) is 0 Å². The number of hydrogen-bond donors (Lipinski definition) is 1. The first-order chi connectivity index (χ1) is 10.0. The third-order valence-electron chi connectivity index (χ3n) is 3.34. The fraction of sp³-hybridized carbons (Fsp3) is 0.286. The van der Waals surface area contributed by atoms with Gasteiger partial charge in [0.25, 0.3) is 5.56 Å². The Balaban J connectivity index is 1.98. The van der Waals surface area contributed by atoms with E-state index in [-0.39, 0.29) is 24.4 Å². The molecule has 1 aliphatic rings. The second-order valence-electron chi connectivity index (χ2n) is 4.98. The Morgan fingerprint density at radius 3 is 2.86 bits per heavy atom. The Hall–Kier alpha value is -2.70. The van der Waals surface area contributed by atoms with Gasteiger partial charge in [-0.15, -0.1) is 0 Å². The zero-order valence-electron chi connectivity index (χ0n) is 11.5. The summed E-state index contributed by atoms with van der Waals surface area (Å²) in [6, 6.07) is 4.49. The van der Waals surface area contributed by atoms with Crippen LogP contribution in [0.4, 0.5) is 4.79 Å². The van der Waals surface area contributed by atoms with Gasteiger partial charge >= 0.3 is 6.03 Å². The quantitative estimate of drug-likeness (QED) is 0.868. The Labute approximate surface area is 120 Å². The van der Waals surface area contributed by atoms with Crippen molar-refractivity contribution in [1.82, 2.24) is 19.6 Å². The van der Waals surface area contributed by atoms with Crippen LogP contribution in [0.25, 0.3) is 5.65 Å². The number of nitrogens with zero attached hydrogens (tertiary/aromatic N) is 3. The zero-order valence-corrected chi connectivity index (χ0v) is 11.5. The maximum atomic E-state index is 12.1. The summed E-state index contributed by atoms with van der Waals surface area (Å²) in [4.78, 5) is 40.9. The van der Waals surface area contributed by atoms with Crippen LogP contribution in [-0.2, 0) is 11.3 Å².